The second-order valence-electron chi connectivity index (χ2n) is 1.73. The summed E-state index contributed by atoms with van der Waals surface area (Å²) in [6.45, 7) is 0. The molecule has 0 spiro atoms. The fraction of sp³-hybridized carbons (Fsp3) is 0.800. The molecule has 1 aliphatic heterocycles. The van der Waals surface area contributed by atoms with Crippen LogP contribution in [0.5, 0.6) is 0 Å². The number of rotatable bonds is 0. The van der Waals surface area contributed by atoms with Gasteiger partial charge in [-0.1, -0.05) is 0 Å². The quantitative estimate of drug-likeness (QED) is 0.467. The van der Waals surface area contributed by atoms with Crippen molar-refractivity contribution in [2.24, 2.45) is 0 Å². The molecule has 0 aromatic carbocycles. The van der Waals surface area contributed by atoms with Crippen LogP contribution in [0.1, 0.15) is 19.3 Å². The van der Waals surface area contributed by atoms with E-state index in [0.717, 1.165) is 10.1 Å². The van der Waals surface area contributed by atoms with Crippen LogP contribution in [0.15, 0.2) is 0 Å². The van der Waals surface area contributed by atoms with Gasteiger partial charge in [-0.3, -0.25) is 0 Å². The van der Waals surface area contributed by atoms with Gasteiger partial charge in [-0.05, 0) is 0 Å². The van der Waals surface area contributed by atoms with E-state index in [-0.39, 0.29) is 21.2 Å². The monoisotopic (exact) mass is 211 g/mol. The van der Waals surface area contributed by atoms with Crippen LogP contribution in [0, 0.1) is 5.41 Å². The number of hydrogen-bond donors (Lipinski definition) is 1. The Morgan fingerprint density at radius 2 is 2.29 bits per heavy atom. The van der Waals surface area contributed by atoms with Gasteiger partial charge in [0.2, 0.25) is 0 Å². The second kappa shape index (κ2) is 2.64. The van der Waals surface area contributed by atoms with E-state index in [1.165, 1.54) is 17.3 Å². The van der Waals surface area contributed by atoms with Crippen molar-refractivity contribution in [1.82, 2.24) is 0 Å². The zero-order valence-corrected chi connectivity index (χ0v) is 6.57. The molecule has 0 saturated carbocycles. The molecule has 7 heavy (non-hydrogen) atoms. The van der Waals surface area contributed by atoms with Gasteiger partial charge in [-0.2, -0.15) is 0 Å². The Morgan fingerprint density at radius 3 is 2.57 bits per heavy atom. The molecule has 0 aromatic heterocycles. The molecule has 0 aromatic rings. The number of hydrogen-bond acceptors (Lipinski definition) is 1. The average molecular weight is 211 g/mol. The van der Waals surface area contributed by atoms with Crippen LogP contribution in [0.25, 0.3) is 0 Å². The van der Waals surface area contributed by atoms with Crippen molar-refractivity contribution < 1.29 is 0 Å². The normalized spacial score (nSPS) is 23.7. The van der Waals surface area contributed by atoms with Crippen molar-refractivity contribution in [2.75, 3.05) is 4.43 Å². The maximum absolute atomic E-state index is 7.25. The van der Waals surface area contributed by atoms with Gasteiger partial charge in [0.15, 0.2) is 0 Å². The SMILES string of the molecule is N=C1CCCC[IH]1. The third-order valence-corrected chi connectivity index (χ3v) is 4.06. The average Bonchev–Trinajstić information content (AvgIpc) is 1.69. The summed E-state index contributed by atoms with van der Waals surface area (Å²) in [4.78, 5) is 0. The molecule has 0 amide bonds. The van der Waals surface area contributed by atoms with E-state index in [0.29, 0.717) is 0 Å². The molecule has 0 unspecified atom stereocenters. The predicted molar refractivity (Wildman–Crippen MR) is 41.9 cm³/mol. The van der Waals surface area contributed by atoms with Crippen LogP contribution >= 0.6 is 21.2 Å². The molecule has 0 radical (unpaired) electrons. The molecular formula is C5H10IN. The minimum absolute atomic E-state index is 0.0836. The van der Waals surface area contributed by atoms with Crippen molar-refractivity contribution in [3.8, 4) is 0 Å². The Morgan fingerprint density at radius 1 is 1.43 bits per heavy atom. The summed E-state index contributed by atoms with van der Waals surface area (Å²) in [6.07, 6.45) is 3.83. The molecule has 1 saturated heterocycles. The summed E-state index contributed by atoms with van der Waals surface area (Å²) >= 11 is 0.0836. The number of alkyl halides is 1. The molecule has 2 heteroatoms. The molecule has 0 bridgehead atoms. The van der Waals surface area contributed by atoms with Gasteiger partial charge in [-0.15, -0.1) is 0 Å². The van der Waals surface area contributed by atoms with Crippen LogP contribution < -0.4 is 0 Å². The summed E-state index contributed by atoms with van der Waals surface area (Å²) in [5.41, 5.74) is 0. The Hall–Kier alpha value is 0.400. The van der Waals surface area contributed by atoms with Crippen molar-refractivity contribution in [3.63, 3.8) is 0 Å². The summed E-state index contributed by atoms with van der Waals surface area (Å²) < 4.78 is 2.49. The van der Waals surface area contributed by atoms with E-state index in [4.69, 9.17) is 5.41 Å². The number of nitrogens with one attached hydrogen (secondary N) is 1. The van der Waals surface area contributed by atoms with Crippen LogP contribution in [0.2, 0.25) is 0 Å². The minimum atomic E-state index is 0.0836. The van der Waals surface area contributed by atoms with Crippen molar-refractivity contribution in [1.29, 1.82) is 5.41 Å². The standard InChI is InChI=1S/C5H10IN/c7-5-3-1-2-4-6-5/h6-7H,1-4H2. The molecule has 42 valence electrons. The Labute approximate surface area is 54.3 Å². The molecule has 1 fully saturated rings. The van der Waals surface area contributed by atoms with Gasteiger partial charge >= 0.3 is 54.0 Å². The van der Waals surface area contributed by atoms with Gasteiger partial charge in [-0.25, -0.2) is 0 Å². The zero-order chi connectivity index (χ0) is 5.11. The van der Waals surface area contributed by atoms with E-state index in [9.17, 15) is 0 Å². The van der Waals surface area contributed by atoms with E-state index in [1.807, 2.05) is 0 Å². The van der Waals surface area contributed by atoms with Crippen LogP contribution in [0.3, 0.4) is 0 Å². The van der Waals surface area contributed by atoms with Gasteiger partial charge in [0, 0.05) is 0 Å². The summed E-state index contributed by atoms with van der Waals surface area (Å²) in [7, 11) is 0. The van der Waals surface area contributed by atoms with Gasteiger partial charge < -0.3 is 0 Å². The van der Waals surface area contributed by atoms with E-state index < -0.39 is 0 Å². The van der Waals surface area contributed by atoms with Crippen molar-refractivity contribution >= 4 is 24.9 Å². The van der Waals surface area contributed by atoms with Gasteiger partial charge in [0.05, 0.1) is 0 Å². The van der Waals surface area contributed by atoms with Gasteiger partial charge in [0.1, 0.15) is 0 Å². The van der Waals surface area contributed by atoms with E-state index in [1.54, 1.807) is 0 Å². The van der Waals surface area contributed by atoms with Crippen LogP contribution in [0.4, 0.5) is 0 Å². The third kappa shape index (κ3) is 1.76. The third-order valence-electron chi connectivity index (χ3n) is 1.07. The molecule has 0 atom stereocenters. The first-order chi connectivity index (χ1) is 3.39. The Kier molecular flexibility index (Phi) is 2.09. The first kappa shape index (κ1) is 5.54. The van der Waals surface area contributed by atoms with Crippen LogP contribution in [-0.4, -0.2) is 8.15 Å². The van der Waals surface area contributed by atoms with E-state index in [2.05, 4.69) is 0 Å². The topological polar surface area (TPSA) is 23.9 Å². The summed E-state index contributed by atoms with van der Waals surface area (Å²) in [5.74, 6) is 0. The fourth-order valence-electron chi connectivity index (χ4n) is 0.655. The predicted octanol–water partition coefficient (Wildman–Crippen LogP) is 1.85. The molecular weight excluding hydrogens is 201 g/mol. The number of halogens is 1. The van der Waals surface area contributed by atoms with Crippen molar-refractivity contribution in [2.45, 2.75) is 19.3 Å². The molecule has 1 heterocycles. The zero-order valence-electron chi connectivity index (χ0n) is 4.24. The summed E-state index contributed by atoms with van der Waals surface area (Å²) in [6, 6.07) is 0. The molecule has 1 rings (SSSR count). The first-order valence-electron chi connectivity index (χ1n) is 2.60. The van der Waals surface area contributed by atoms with E-state index >= 15 is 0 Å². The van der Waals surface area contributed by atoms with Gasteiger partial charge in [0.25, 0.3) is 0 Å². The molecule has 0 aliphatic carbocycles. The Balaban J connectivity index is 2.25. The summed E-state index contributed by atoms with van der Waals surface area (Å²) in [5, 5.41) is 7.25. The second-order valence-corrected chi connectivity index (χ2v) is 5.12. The van der Waals surface area contributed by atoms with Crippen LogP contribution in [-0.2, 0) is 0 Å². The molecule has 1 N–H and O–H groups in total. The van der Waals surface area contributed by atoms with Crippen molar-refractivity contribution in [3.05, 3.63) is 0 Å². The molecule has 1 aliphatic rings. The first-order valence-corrected chi connectivity index (χ1v) is 5.41. The maximum atomic E-state index is 7.25. The Bertz CT molecular complexity index is 72.1. The molecule has 1 nitrogen and oxygen atoms in total. The fourth-order valence-corrected chi connectivity index (χ4v) is 3.18.